The van der Waals surface area contributed by atoms with E-state index in [4.69, 9.17) is 4.42 Å². The summed E-state index contributed by atoms with van der Waals surface area (Å²) in [6, 6.07) is 11.5. The molecule has 2 rings (SSSR count). The van der Waals surface area contributed by atoms with Gasteiger partial charge in [-0.05, 0) is 30.5 Å². The van der Waals surface area contributed by atoms with Crippen molar-refractivity contribution in [1.29, 1.82) is 0 Å². The number of benzene rings is 1. The number of aryl methyl sites for hydroxylation is 1. The second-order valence-electron chi connectivity index (χ2n) is 6.97. The molecule has 0 spiro atoms. The second kappa shape index (κ2) is 10.6. The standard InChI is InChI=1S/C23H29NO4/c1-4-9-17(2)20-16-18(3)21(23(27)28-20)22(26)24(14-15-25)13-8-12-19-10-6-5-7-11-19/h5-8,10-12,16-17,25H,4,9,13-15H2,1-3H3/b12-8+. The van der Waals surface area contributed by atoms with E-state index in [0.717, 1.165) is 18.4 Å². The van der Waals surface area contributed by atoms with Gasteiger partial charge in [-0.1, -0.05) is 62.8 Å². The fourth-order valence-corrected chi connectivity index (χ4v) is 3.14. The Morgan fingerprint density at radius 1 is 1.29 bits per heavy atom. The van der Waals surface area contributed by atoms with Gasteiger partial charge in [-0.2, -0.15) is 0 Å². The normalized spacial score (nSPS) is 12.3. The molecular formula is C23H29NO4. The Kier molecular flexibility index (Phi) is 8.20. The molecule has 1 unspecified atom stereocenters. The molecule has 1 amide bonds. The highest BCUT2D eigenvalue weighted by Crippen LogP contribution is 2.21. The van der Waals surface area contributed by atoms with Gasteiger partial charge in [-0.3, -0.25) is 4.79 Å². The van der Waals surface area contributed by atoms with Crippen molar-refractivity contribution >= 4 is 12.0 Å². The summed E-state index contributed by atoms with van der Waals surface area (Å²) < 4.78 is 5.44. The molecule has 150 valence electrons. The third kappa shape index (κ3) is 5.67. The number of carbonyl (C=O) groups is 1. The van der Waals surface area contributed by atoms with Gasteiger partial charge in [0.25, 0.3) is 5.91 Å². The molecule has 2 aromatic rings. The number of hydrogen-bond donors (Lipinski definition) is 1. The maximum Gasteiger partial charge on any atom is 0.349 e. The maximum atomic E-state index is 12.9. The van der Waals surface area contributed by atoms with E-state index in [1.807, 2.05) is 49.4 Å². The second-order valence-corrected chi connectivity index (χ2v) is 6.97. The lowest BCUT2D eigenvalue weighted by atomic mass is 10.0. The summed E-state index contributed by atoms with van der Waals surface area (Å²) in [6.45, 7) is 6.10. The van der Waals surface area contributed by atoms with Gasteiger partial charge in [0.2, 0.25) is 0 Å². The van der Waals surface area contributed by atoms with Crippen LogP contribution in [0.2, 0.25) is 0 Å². The molecular weight excluding hydrogens is 354 g/mol. The van der Waals surface area contributed by atoms with Crippen molar-refractivity contribution in [3.8, 4) is 0 Å². The predicted molar refractivity (Wildman–Crippen MR) is 112 cm³/mol. The molecule has 1 aromatic carbocycles. The van der Waals surface area contributed by atoms with Gasteiger partial charge >= 0.3 is 5.63 Å². The third-order valence-corrected chi connectivity index (χ3v) is 4.68. The predicted octanol–water partition coefficient (Wildman–Crippen LogP) is 4.00. The van der Waals surface area contributed by atoms with E-state index in [2.05, 4.69) is 6.92 Å². The third-order valence-electron chi connectivity index (χ3n) is 4.68. The number of aliphatic hydroxyl groups is 1. The molecule has 5 nitrogen and oxygen atoms in total. The zero-order valence-electron chi connectivity index (χ0n) is 16.9. The van der Waals surface area contributed by atoms with Crippen LogP contribution in [0.15, 0.2) is 51.7 Å². The van der Waals surface area contributed by atoms with Gasteiger partial charge in [0, 0.05) is 19.0 Å². The first-order chi connectivity index (χ1) is 13.5. The molecule has 28 heavy (non-hydrogen) atoms. The minimum Gasteiger partial charge on any atom is -0.427 e. The van der Waals surface area contributed by atoms with Crippen molar-refractivity contribution in [2.75, 3.05) is 19.7 Å². The van der Waals surface area contributed by atoms with Gasteiger partial charge in [0.1, 0.15) is 11.3 Å². The number of carbonyl (C=O) groups excluding carboxylic acids is 1. The van der Waals surface area contributed by atoms with Gasteiger partial charge in [0.15, 0.2) is 0 Å². The van der Waals surface area contributed by atoms with Crippen LogP contribution >= 0.6 is 0 Å². The summed E-state index contributed by atoms with van der Waals surface area (Å²) in [7, 11) is 0. The van der Waals surface area contributed by atoms with E-state index < -0.39 is 11.5 Å². The molecule has 0 bridgehead atoms. The molecule has 0 radical (unpaired) electrons. The first kappa shape index (κ1) is 21.6. The van der Waals surface area contributed by atoms with Crippen LogP contribution in [0.25, 0.3) is 6.08 Å². The molecule has 1 N–H and O–H groups in total. The minimum atomic E-state index is -0.613. The van der Waals surface area contributed by atoms with Crippen molar-refractivity contribution in [3.63, 3.8) is 0 Å². The van der Waals surface area contributed by atoms with Crippen LogP contribution in [0, 0.1) is 6.92 Å². The Morgan fingerprint density at radius 2 is 2.00 bits per heavy atom. The Hall–Kier alpha value is -2.66. The quantitative estimate of drug-likeness (QED) is 0.710. The van der Waals surface area contributed by atoms with Gasteiger partial charge in [-0.15, -0.1) is 0 Å². The molecule has 0 aliphatic carbocycles. The average Bonchev–Trinajstić information content (AvgIpc) is 2.67. The summed E-state index contributed by atoms with van der Waals surface area (Å²) in [6.07, 6.45) is 5.65. The van der Waals surface area contributed by atoms with Gasteiger partial charge in [0.05, 0.1) is 6.61 Å². The van der Waals surface area contributed by atoms with Crippen LogP contribution in [0.1, 0.15) is 59.9 Å². The van der Waals surface area contributed by atoms with Gasteiger partial charge in [-0.25, -0.2) is 4.79 Å². The highest BCUT2D eigenvalue weighted by atomic mass is 16.4. The van der Waals surface area contributed by atoms with E-state index in [0.29, 0.717) is 17.9 Å². The smallest absolute Gasteiger partial charge is 0.349 e. The fourth-order valence-electron chi connectivity index (χ4n) is 3.14. The highest BCUT2D eigenvalue weighted by molar-refractivity contribution is 5.95. The van der Waals surface area contributed by atoms with Crippen molar-refractivity contribution in [3.05, 3.63) is 75.3 Å². The van der Waals surface area contributed by atoms with E-state index in [1.54, 1.807) is 13.0 Å². The van der Waals surface area contributed by atoms with Crippen LogP contribution in [0.4, 0.5) is 0 Å². The number of rotatable bonds is 9. The Bertz CT molecular complexity index is 855. The van der Waals surface area contributed by atoms with Crippen LogP contribution in [0.3, 0.4) is 0 Å². The zero-order chi connectivity index (χ0) is 20.5. The van der Waals surface area contributed by atoms with Gasteiger partial charge < -0.3 is 14.4 Å². The molecule has 0 fully saturated rings. The summed E-state index contributed by atoms with van der Waals surface area (Å²) in [5.74, 6) is 0.314. The van der Waals surface area contributed by atoms with Crippen LogP contribution < -0.4 is 5.63 Å². The van der Waals surface area contributed by atoms with Crippen LogP contribution in [-0.2, 0) is 0 Å². The molecule has 0 aliphatic rings. The topological polar surface area (TPSA) is 70.8 Å². The minimum absolute atomic E-state index is 0.0361. The SMILES string of the molecule is CCCC(C)c1cc(C)c(C(=O)N(C/C=C/c2ccccc2)CCO)c(=O)o1. The maximum absolute atomic E-state index is 12.9. The first-order valence-corrected chi connectivity index (χ1v) is 9.74. The summed E-state index contributed by atoms with van der Waals surface area (Å²) in [5, 5.41) is 9.34. The molecule has 1 aromatic heterocycles. The number of amides is 1. The van der Waals surface area contributed by atoms with E-state index in [-0.39, 0.29) is 24.6 Å². The largest absolute Gasteiger partial charge is 0.427 e. The zero-order valence-corrected chi connectivity index (χ0v) is 16.9. The molecule has 0 saturated carbocycles. The van der Waals surface area contributed by atoms with Crippen LogP contribution in [-0.4, -0.2) is 35.6 Å². The lowest BCUT2D eigenvalue weighted by Crippen LogP contribution is -2.37. The summed E-state index contributed by atoms with van der Waals surface area (Å²) in [5.41, 5.74) is 1.05. The lowest BCUT2D eigenvalue weighted by molar-refractivity contribution is 0.0737. The Morgan fingerprint density at radius 3 is 2.61 bits per heavy atom. The van der Waals surface area contributed by atoms with E-state index >= 15 is 0 Å². The Labute approximate surface area is 166 Å². The number of hydrogen-bond acceptors (Lipinski definition) is 4. The highest BCUT2D eigenvalue weighted by Gasteiger charge is 2.23. The van der Waals surface area contributed by atoms with Crippen molar-refractivity contribution < 1.29 is 14.3 Å². The summed E-state index contributed by atoms with van der Waals surface area (Å²) >= 11 is 0. The monoisotopic (exact) mass is 383 g/mol. The molecule has 5 heteroatoms. The number of aliphatic hydroxyl groups excluding tert-OH is 1. The fraction of sp³-hybridized carbons (Fsp3) is 0.391. The molecule has 1 atom stereocenters. The van der Waals surface area contributed by atoms with Crippen molar-refractivity contribution in [1.82, 2.24) is 4.90 Å². The van der Waals surface area contributed by atoms with E-state index in [9.17, 15) is 14.7 Å². The lowest BCUT2D eigenvalue weighted by Gasteiger charge is -2.21. The van der Waals surface area contributed by atoms with Crippen LogP contribution in [0.5, 0.6) is 0 Å². The van der Waals surface area contributed by atoms with E-state index in [1.165, 1.54) is 4.90 Å². The summed E-state index contributed by atoms with van der Waals surface area (Å²) in [4.78, 5) is 26.9. The van der Waals surface area contributed by atoms with Crippen molar-refractivity contribution in [2.45, 2.75) is 39.5 Å². The number of nitrogens with zero attached hydrogens (tertiary/aromatic N) is 1. The van der Waals surface area contributed by atoms with Crippen molar-refractivity contribution in [2.24, 2.45) is 0 Å². The molecule has 0 saturated heterocycles. The Balaban J connectivity index is 2.22. The first-order valence-electron chi connectivity index (χ1n) is 9.74. The molecule has 0 aliphatic heterocycles. The molecule has 1 heterocycles. The average molecular weight is 383 g/mol.